The second-order valence-corrected chi connectivity index (χ2v) is 8.75. The number of nitrogens with zero attached hydrogens (tertiary/aromatic N) is 5. The zero-order valence-electron chi connectivity index (χ0n) is 19.9. The highest BCUT2D eigenvalue weighted by Crippen LogP contribution is 2.19. The fourth-order valence-corrected chi connectivity index (χ4v) is 3.87. The largest absolute Gasteiger partial charge is 0.394 e. The highest BCUT2D eigenvalue weighted by Gasteiger charge is 2.29. The lowest BCUT2D eigenvalue weighted by atomic mass is 10.0. The number of anilines is 1. The quantitative estimate of drug-likeness (QED) is 0.684. The molecule has 0 unspecified atom stereocenters. The van der Waals surface area contributed by atoms with E-state index in [9.17, 15) is 19.1 Å². The Morgan fingerprint density at radius 3 is 2.91 bits per heavy atom. The molecular formula is C23H33FN6O4. The Balaban J connectivity index is 1.77. The van der Waals surface area contributed by atoms with Gasteiger partial charge in [-0.2, -0.15) is 0 Å². The number of aliphatic hydroxyl groups excluding tert-OH is 1. The van der Waals surface area contributed by atoms with Crippen LogP contribution in [0.15, 0.2) is 30.5 Å². The molecule has 2 aromatic rings. The Bertz CT molecular complexity index is 970. The van der Waals surface area contributed by atoms with Crippen molar-refractivity contribution < 1.29 is 23.8 Å². The van der Waals surface area contributed by atoms with Gasteiger partial charge in [-0.25, -0.2) is 13.9 Å². The number of hydrogen-bond donors (Lipinski definition) is 2. The molecule has 186 valence electrons. The van der Waals surface area contributed by atoms with Gasteiger partial charge in [0, 0.05) is 39.0 Å². The molecule has 0 aliphatic carbocycles. The summed E-state index contributed by atoms with van der Waals surface area (Å²) in [6.45, 7) is 4.94. The van der Waals surface area contributed by atoms with E-state index in [0.29, 0.717) is 25.9 Å². The molecule has 3 rings (SSSR count). The summed E-state index contributed by atoms with van der Waals surface area (Å²) in [4.78, 5) is 28.7. The Kier molecular flexibility index (Phi) is 8.94. The minimum absolute atomic E-state index is 0.0555. The van der Waals surface area contributed by atoms with Crippen molar-refractivity contribution in [3.05, 3.63) is 42.0 Å². The van der Waals surface area contributed by atoms with E-state index in [4.69, 9.17) is 4.74 Å². The smallest absolute Gasteiger partial charge is 0.321 e. The molecule has 0 bridgehead atoms. The first-order chi connectivity index (χ1) is 16.3. The summed E-state index contributed by atoms with van der Waals surface area (Å²) in [5.41, 5.74) is 0.875. The van der Waals surface area contributed by atoms with Gasteiger partial charge in [-0.3, -0.25) is 4.79 Å². The van der Waals surface area contributed by atoms with Crippen LogP contribution in [0, 0.1) is 11.7 Å². The van der Waals surface area contributed by atoms with Crippen molar-refractivity contribution in [3.63, 3.8) is 0 Å². The number of urea groups is 1. The molecule has 34 heavy (non-hydrogen) atoms. The number of nitrogens with one attached hydrogen (secondary N) is 1. The Labute approximate surface area is 198 Å². The number of benzene rings is 1. The van der Waals surface area contributed by atoms with Gasteiger partial charge in [0.25, 0.3) is 0 Å². The molecule has 1 aliphatic rings. The number of likely N-dealkylation sites (N-methyl/N-ethyl adjacent to an activating group) is 1. The number of amides is 3. The molecule has 2 N–H and O–H groups in total. The van der Waals surface area contributed by atoms with E-state index in [0.717, 1.165) is 5.69 Å². The predicted molar refractivity (Wildman–Crippen MR) is 123 cm³/mol. The number of ether oxygens (including phenoxy) is 1. The Morgan fingerprint density at radius 1 is 1.41 bits per heavy atom. The topological polar surface area (TPSA) is 113 Å². The van der Waals surface area contributed by atoms with Gasteiger partial charge in [0.1, 0.15) is 5.82 Å². The normalized spacial score (nSPS) is 20.6. The van der Waals surface area contributed by atoms with Crippen LogP contribution in [0.1, 0.15) is 32.4 Å². The van der Waals surface area contributed by atoms with Crippen LogP contribution in [0.25, 0.3) is 0 Å². The van der Waals surface area contributed by atoms with E-state index in [1.165, 1.54) is 17.0 Å². The van der Waals surface area contributed by atoms with Gasteiger partial charge in [0.2, 0.25) is 5.91 Å². The van der Waals surface area contributed by atoms with Crippen molar-refractivity contribution in [2.24, 2.45) is 5.92 Å². The van der Waals surface area contributed by atoms with Gasteiger partial charge in [-0.05, 0) is 25.5 Å². The van der Waals surface area contributed by atoms with Gasteiger partial charge in [-0.1, -0.05) is 24.3 Å². The summed E-state index contributed by atoms with van der Waals surface area (Å²) in [5, 5.41) is 20.3. The maximum atomic E-state index is 14.0. The number of carbonyl (C=O) groups is 2. The fourth-order valence-electron chi connectivity index (χ4n) is 3.87. The lowest BCUT2D eigenvalue weighted by molar-refractivity contribution is -0.136. The maximum absolute atomic E-state index is 14.0. The zero-order valence-corrected chi connectivity index (χ0v) is 19.9. The van der Waals surface area contributed by atoms with Crippen LogP contribution in [0.5, 0.6) is 0 Å². The fraction of sp³-hybridized carbons (Fsp3) is 0.565. The van der Waals surface area contributed by atoms with Crippen LogP contribution < -0.4 is 5.32 Å². The highest BCUT2D eigenvalue weighted by molar-refractivity contribution is 5.89. The molecule has 2 heterocycles. The first-order valence-electron chi connectivity index (χ1n) is 11.5. The van der Waals surface area contributed by atoms with Gasteiger partial charge in [-0.15, -0.1) is 5.10 Å². The summed E-state index contributed by atoms with van der Waals surface area (Å²) in [7, 11) is 1.60. The molecule has 3 atom stereocenters. The predicted octanol–water partition coefficient (Wildman–Crippen LogP) is 2.11. The molecule has 0 fully saturated rings. The third-order valence-corrected chi connectivity index (χ3v) is 6.06. The molecule has 11 heteroatoms. The number of carbonyl (C=O) groups excluding carboxylic acids is 2. The van der Waals surface area contributed by atoms with Crippen LogP contribution in [0.4, 0.5) is 14.9 Å². The average Bonchev–Trinajstić information content (AvgIpc) is 3.27. The molecule has 0 saturated carbocycles. The van der Waals surface area contributed by atoms with Crippen molar-refractivity contribution in [2.75, 3.05) is 32.1 Å². The average molecular weight is 477 g/mol. The summed E-state index contributed by atoms with van der Waals surface area (Å²) >= 11 is 0. The number of aliphatic hydroxyl groups is 1. The summed E-state index contributed by atoms with van der Waals surface area (Å²) in [5.74, 6) is -0.738. The first-order valence-corrected chi connectivity index (χ1v) is 11.5. The van der Waals surface area contributed by atoms with E-state index in [1.807, 2.05) is 6.92 Å². The third-order valence-electron chi connectivity index (χ3n) is 6.06. The van der Waals surface area contributed by atoms with E-state index in [2.05, 4.69) is 15.6 Å². The van der Waals surface area contributed by atoms with E-state index < -0.39 is 18.0 Å². The van der Waals surface area contributed by atoms with Crippen molar-refractivity contribution in [1.82, 2.24) is 24.8 Å². The number of fused-ring (bicyclic) bond motifs is 1. The lowest BCUT2D eigenvalue weighted by Crippen LogP contribution is -2.48. The van der Waals surface area contributed by atoms with E-state index >= 15 is 0 Å². The molecule has 10 nitrogen and oxygen atoms in total. The lowest BCUT2D eigenvalue weighted by Gasteiger charge is -2.35. The van der Waals surface area contributed by atoms with Crippen LogP contribution in [0.2, 0.25) is 0 Å². The van der Waals surface area contributed by atoms with E-state index in [1.54, 1.807) is 41.9 Å². The molecule has 3 amide bonds. The number of rotatable bonds is 5. The zero-order chi connectivity index (χ0) is 24.7. The van der Waals surface area contributed by atoms with Gasteiger partial charge < -0.3 is 25.0 Å². The van der Waals surface area contributed by atoms with Crippen molar-refractivity contribution in [2.45, 2.75) is 52.0 Å². The van der Waals surface area contributed by atoms with Crippen molar-refractivity contribution in [1.29, 1.82) is 0 Å². The molecular weight excluding hydrogens is 443 g/mol. The van der Waals surface area contributed by atoms with Gasteiger partial charge >= 0.3 is 6.03 Å². The SMILES string of the molecule is C[C@H](CO)N1C[C@H](C)[C@H](CN(C)C(=O)Nc2ccccc2F)OCc2cnnn2CCCC1=O. The molecule has 1 aliphatic heterocycles. The highest BCUT2D eigenvalue weighted by atomic mass is 19.1. The minimum atomic E-state index is -0.521. The summed E-state index contributed by atoms with van der Waals surface area (Å²) in [6.07, 6.45) is 2.11. The van der Waals surface area contributed by atoms with Gasteiger partial charge in [0.05, 0.1) is 42.9 Å². The number of para-hydroxylation sites is 1. The summed E-state index contributed by atoms with van der Waals surface area (Å²) in [6, 6.07) is 5.14. The second kappa shape index (κ2) is 11.9. The maximum Gasteiger partial charge on any atom is 0.321 e. The van der Waals surface area contributed by atoms with Crippen LogP contribution in [-0.2, 0) is 22.7 Å². The van der Waals surface area contributed by atoms with Crippen LogP contribution in [-0.4, -0.2) is 80.7 Å². The van der Waals surface area contributed by atoms with Crippen LogP contribution in [0.3, 0.4) is 0 Å². The molecule has 1 aromatic carbocycles. The molecule has 0 radical (unpaired) electrons. The monoisotopic (exact) mass is 476 g/mol. The molecule has 1 aromatic heterocycles. The summed E-state index contributed by atoms with van der Waals surface area (Å²) < 4.78 is 21.9. The first kappa shape index (κ1) is 25.6. The number of aromatic nitrogens is 3. The third kappa shape index (κ3) is 6.51. The number of hydrogen-bond acceptors (Lipinski definition) is 6. The van der Waals surface area contributed by atoms with Crippen molar-refractivity contribution >= 4 is 17.6 Å². The number of aryl methyl sites for hydroxylation is 1. The Hall–Kier alpha value is -3.05. The van der Waals surface area contributed by atoms with Gasteiger partial charge in [0.15, 0.2) is 0 Å². The molecule has 0 spiro atoms. The molecule has 0 saturated heterocycles. The standard InChI is InChI=1S/C23H33FN6O4/c1-16-12-29(17(2)14-31)22(32)9-6-10-30-18(11-25-27-30)15-34-21(16)13-28(3)23(33)26-20-8-5-4-7-19(20)24/h4-5,7-8,11,16-17,21,31H,6,9-10,12-15H2,1-3H3,(H,26,33)/t16-,17+,21-/m0/s1. The number of halogens is 1. The minimum Gasteiger partial charge on any atom is -0.394 e. The second-order valence-electron chi connectivity index (χ2n) is 8.75. The Morgan fingerprint density at radius 2 is 2.18 bits per heavy atom. The van der Waals surface area contributed by atoms with E-state index in [-0.39, 0.29) is 43.3 Å². The van der Waals surface area contributed by atoms with Crippen LogP contribution >= 0.6 is 0 Å². The van der Waals surface area contributed by atoms with Crippen molar-refractivity contribution in [3.8, 4) is 0 Å².